The smallest absolute Gasteiger partial charge is 0.174 e. The Morgan fingerprint density at radius 1 is 0.946 bits per heavy atom. The molecule has 186 valence electrons. The van der Waals surface area contributed by atoms with Gasteiger partial charge in [0.05, 0.1) is 31.7 Å². The van der Waals surface area contributed by atoms with Gasteiger partial charge in [0.15, 0.2) is 5.17 Å². The van der Waals surface area contributed by atoms with Crippen LogP contribution in [0.4, 0.5) is 4.39 Å². The van der Waals surface area contributed by atoms with E-state index in [2.05, 4.69) is 40.6 Å². The van der Waals surface area contributed by atoms with Crippen LogP contribution in [0.15, 0.2) is 100 Å². The third kappa shape index (κ3) is 4.46. The zero-order chi connectivity index (χ0) is 25.4. The molecule has 6 heteroatoms. The lowest BCUT2D eigenvalue weighted by molar-refractivity contribution is 0.410. The van der Waals surface area contributed by atoms with Crippen molar-refractivity contribution in [3.63, 3.8) is 0 Å². The maximum atomic E-state index is 13.7. The van der Waals surface area contributed by atoms with Crippen LogP contribution in [0.1, 0.15) is 42.0 Å². The molecule has 2 heterocycles. The first-order valence-electron chi connectivity index (χ1n) is 12.4. The second-order valence-corrected chi connectivity index (χ2v) is 10.1. The van der Waals surface area contributed by atoms with Crippen LogP contribution in [0.2, 0.25) is 0 Å². The fraction of sp³-hybridized carbons (Fsp3) is 0.194. The van der Waals surface area contributed by atoms with E-state index in [1.807, 2.05) is 36.4 Å². The number of aliphatic imine (C=N–C) groups is 1. The molecule has 0 saturated heterocycles. The summed E-state index contributed by atoms with van der Waals surface area (Å²) in [7, 11) is 3.39. The van der Waals surface area contributed by atoms with Crippen LogP contribution in [0.25, 0.3) is 11.8 Å². The van der Waals surface area contributed by atoms with Gasteiger partial charge in [-0.05, 0) is 102 Å². The van der Waals surface area contributed by atoms with E-state index in [1.54, 1.807) is 26.0 Å². The van der Waals surface area contributed by atoms with Crippen LogP contribution in [0.3, 0.4) is 0 Å². The average Bonchev–Trinajstić information content (AvgIpc) is 3.36. The van der Waals surface area contributed by atoms with E-state index < -0.39 is 0 Å². The van der Waals surface area contributed by atoms with E-state index in [9.17, 15) is 4.39 Å². The number of halogens is 1. The number of allylic oxidation sites excluding steroid dienone is 1. The molecule has 4 nitrogen and oxygen atoms in total. The number of rotatable bonds is 5. The van der Waals surface area contributed by atoms with Crippen LogP contribution in [-0.4, -0.2) is 24.3 Å². The molecular weight excluding hydrogens is 483 g/mol. The molecule has 0 fully saturated rings. The van der Waals surface area contributed by atoms with E-state index in [0.717, 1.165) is 64.0 Å². The second kappa shape index (κ2) is 9.94. The zero-order valence-corrected chi connectivity index (χ0v) is 21.6. The molecule has 0 radical (unpaired) electrons. The predicted molar refractivity (Wildman–Crippen MR) is 149 cm³/mol. The Morgan fingerprint density at radius 2 is 1.70 bits per heavy atom. The normalized spacial score (nSPS) is 19.8. The van der Waals surface area contributed by atoms with Gasteiger partial charge < -0.3 is 14.4 Å². The average molecular weight is 511 g/mol. The van der Waals surface area contributed by atoms with Gasteiger partial charge in [-0.15, -0.1) is 0 Å². The zero-order valence-electron chi connectivity index (χ0n) is 20.8. The summed E-state index contributed by atoms with van der Waals surface area (Å²) in [5.41, 5.74) is 7.88. The van der Waals surface area contributed by atoms with Crippen LogP contribution in [0, 0.1) is 5.82 Å². The van der Waals surface area contributed by atoms with Gasteiger partial charge in [0.2, 0.25) is 0 Å². The van der Waals surface area contributed by atoms with Crippen molar-refractivity contribution in [2.75, 3.05) is 14.2 Å². The molecule has 37 heavy (non-hydrogen) atoms. The topological polar surface area (TPSA) is 34.1 Å². The quantitative estimate of drug-likeness (QED) is 0.350. The summed E-state index contributed by atoms with van der Waals surface area (Å²) in [5, 5.41) is 3.06. The van der Waals surface area contributed by atoms with E-state index in [4.69, 9.17) is 14.5 Å². The molecule has 0 saturated carbocycles. The molecule has 1 atom stereocenters. The molecule has 1 aliphatic carbocycles. The molecule has 3 aliphatic rings. The van der Waals surface area contributed by atoms with Crippen LogP contribution >= 0.6 is 11.8 Å². The van der Waals surface area contributed by atoms with Crippen LogP contribution in [-0.2, 0) is 0 Å². The van der Waals surface area contributed by atoms with Crippen molar-refractivity contribution in [3.8, 4) is 11.5 Å². The van der Waals surface area contributed by atoms with Crippen molar-refractivity contribution in [3.05, 3.63) is 118 Å². The maximum absolute atomic E-state index is 13.7. The first-order chi connectivity index (χ1) is 18.1. The van der Waals surface area contributed by atoms with Crippen molar-refractivity contribution < 1.29 is 13.9 Å². The lowest BCUT2D eigenvalue weighted by Crippen LogP contribution is -2.34. The Balaban J connectivity index is 1.49. The first-order valence-corrected chi connectivity index (χ1v) is 13.3. The minimum Gasteiger partial charge on any atom is -0.497 e. The number of thioether (sulfide) groups is 1. The molecule has 2 aliphatic heterocycles. The molecule has 3 aromatic rings. The fourth-order valence-corrected chi connectivity index (χ4v) is 6.22. The molecular formula is C31H27FN2O2S. The Bertz CT molecular complexity index is 1470. The summed E-state index contributed by atoms with van der Waals surface area (Å²) < 4.78 is 24.8. The highest BCUT2D eigenvalue weighted by Gasteiger charge is 2.40. The maximum Gasteiger partial charge on any atom is 0.174 e. The van der Waals surface area contributed by atoms with Crippen molar-refractivity contribution >= 4 is 28.7 Å². The van der Waals surface area contributed by atoms with Gasteiger partial charge in [0, 0.05) is 5.41 Å². The molecule has 6 rings (SSSR count). The van der Waals surface area contributed by atoms with Crippen molar-refractivity contribution in [1.29, 1.82) is 0 Å². The first kappa shape index (κ1) is 23.6. The van der Waals surface area contributed by atoms with E-state index in [1.165, 1.54) is 23.3 Å². The number of amidine groups is 1. The summed E-state index contributed by atoms with van der Waals surface area (Å²) in [5.74, 6) is 1.43. The Labute approximate surface area is 220 Å². The van der Waals surface area contributed by atoms with Gasteiger partial charge in [0.1, 0.15) is 17.3 Å². The highest BCUT2D eigenvalue weighted by atomic mass is 32.2. The highest BCUT2D eigenvalue weighted by Crippen LogP contribution is 2.51. The number of benzene rings is 3. The number of hydrogen-bond donors (Lipinski definition) is 0. The van der Waals surface area contributed by atoms with Gasteiger partial charge in [-0.2, -0.15) is 0 Å². The summed E-state index contributed by atoms with van der Waals surface area (Å²) in [6.45, 7) is 0. The fourth-order valence-electron chi connectivity index (χ4n) is 5.29. The van der Waals surface area contributed by atoms with Crippen molar-refractivity contribution in [2.24, 2.45) is 4.99 Å². The molecule has 0 N–H and O–H groups in total. The third-order valence-electron chi connectivity index (χ3n) is 7.02. The minimum absolute atomic E-state index is 0.0297. The van der Waals surface area contributed by atoms with Gasteiger partial charge >= 0.3 is 0 Å². The van der Waals surface area contributed by atoms with Crippen LogP contribution < -0.4 is 9.47 Å². The number of ether oxygens (including phenoxy) is 2. The van der Waals surface area contributed by atoms with Crippen molar-refractivity contribution in [1.82, 2.24) is 4.90 Å². The number of hydrogen-bond acceptors (Lipinski definition) is 5. The molecule has 0 spiro atoms. The molecule has 0 aromatic heterocycles. The minimum atomic E-state index is -0.239. The number of nitrogens with zero attached hydrogens (tertiary/aromatic N) is 2. The summed E-state index contributed by atoms with van der Waals surface area (Å²) >= 11 is 1.62. The monoisotopic (exact) mass is 510 g/mol. The van der Waals surface area contributed by atoms with Gasteiger partial charge in [-0.25, -0.2) is 9.38 Å². The lowest BCUT2D eigenvalue weighted by atomic mass is 9.82. The molecule has 1 unspecified atom stereocenters. The molecule has 0 bridgehead atoms. The van der Waals surface area contributed by atoms with E-state index in [-0.39, 0.29) is 11.9 Å². The largest absolute Gasteiger partial charge is 0.497 e. The predicted octanol–water partition coefficient (Wildman–Crippen LogP) is 7.82. The summed E-state index contributed by atoms with van der Waals surface area (Å²) in [4.78, 5) is 7.53. The number of fused-ring (bicyclic) bond motifs is 1. The van der Waals surface area contributed by atoms with E-state index >= 15 is 0 Å². The SMILES string of the molecule is COc1cccc(/C=C2\CCCC3=C2N=C2SC=C(c4ccc(F)cc4)N2C3c2cccc(OC)c2)c1. The Morgan fingerprint density at radius 3 is 2.49 bits per heavy atom. The summed E-state index contributed by atoms with van der Waals surface area (Å²) in [6, 6.07) is 23.1. The summed E-state index contributed by atoms with van der Waals surface area (Å²) in [6.07, 6.45) is 5.23. The second-order valence-electron chi connectivity index (χ2n) is 9.24. The molecule has 0 amide bonds. The highest BCUT2D eigenvalue weighted by molar-refractivity contribution is 8.16. The number of methoxy groups -OCH3 is 2. The standard InChI is InChI=1S/C31H27FN2O2S/c1-35-25-9-3-6-20(17-25)16-22-7-5-11-27-29(22)33-31-34(30(27)23-8-4-10-26(18-23)36-2)28(19-37-31)21-12-14-24(32)15-13-21/h3-4,6,8-10,12-19,30H,5,7,11H2,1-2H3/b22-16+. The van der Waals surface area contributed by atoms with Gasteiger partial charge in [0.25, 0.3) is 0 Å². The Kier molecular flexibility index (Phi) is 6.35. The van der Waals surface area contributed by atoms with Gasteiger partial charge in [-0.3, -0.25) is 0 Å². The van der Waals surface area contributed by atoms with Crippen molar-refractivity contribution in [2.45, 2.75) is 25.3 Å². The third-order valence-corrected chi connectivity index (χ3v) is 7.86. The van der Waals surface area contributed by atoms with Crippen LogP contribution in [0.5, 0.6) is 11.5 Å². The Hall–Kier alpha value is -3.77. The molecule has 3 aromatic carbocycles. The lowest BCUT2D eigenvalue weighted by Gasteiger charge is -2.40. The van der Waals surface area contributed by atoms with E-state index in [0.29, 0.717) is 0 Å². The van der Waals surface area contributed by atoms with Gasteiger partial charge in [-0.1, -0.05) is 36.0 Å².